The Bertz CT molecular complexity index is 1030. The summed E-state index contributed by atoms with van der Waals surface area (Å²) in [6, 6.07) is 3.94. The Balaban J connectivity index is 1.98. The van der Waals surface area contributed by atoms with Gasteiger partial charge in [-0.1, -0.05) is 13.8 Å². The number of hydrogen-bond acceptors (Lipinski definition) is 6. The van der Waals surface area contributed by atoms with Crippen LogP contribution in [-0.4, -0.2) is 34.9 Å². The molecule has 0 radical (unpaired) electrons. The van der Waals surface area contributed by atoms with E-state index >= 15 is 0 Å². The molecule has 162 valence electrons. The zero-order valence-corrected chi connectivity index (χ0v) is 18.5. The monoisotopic (exact) mass is 414 g/mol. The van der Waals surface area contributed by atoms with E-state index < -0.39 is 40.6 Å². The summed E-state index contributed by atoms with van der Waals surface area (Å²) >= 11 is 0. The van der Waals surface area contributed by atoms with Gasteiger partial charge in [0.15, 0.2) is 0 Å². The first-order valence-electron chi connectivity index (χ1n) is 10.5. The Morgan fingerprint density at radius 3 is 2.40 bits per heavy atom. The van der Waals surface area contributed by atoms with E-state index in [1.807, 2.05) is 32.9 Å². The Hall–Kier alpha value is -2.34. The molecule has 30 heavy (non-hydrogen) atoms. The van der Waals surface area contributed by atoms with Gasteiger partial charge in [0.2, 0.25) is 0 Å². The van der Waals surface area contributed by atoms with Gasteiger partial charge in [0.1, 0.15) is 17.8 Å². The highest BCUT2D eigenvalue weighted by molar-refractivity contribution is 5.84. The second-order valence-corrected chi connectivity index (χ2v) is 9.58. The molecule has 0 amide bonds. The standard InChI is InChI=1S/C24H30O6/c1-13-16-7-9-24(27)22(4,5)20(29-14(2)25)12-21(30-15(3)26)23(24,6)18(16)11-19-17(13)8-10-28-19/h8,10-11,20-21,27H,7,9,12H2,1-6H3. The van der Waals surface area contributed by atoms with Gasteiger partial charge in [0.05, 0.1) is 17.3 Å². The molecule has 1 saturated carbocycles. The van der Waals surface area contributed by atoms with E-state index in [0.717, 1.165) is 27.7 Å². The maximum absolute atomic E-state index is 12.3. The van der Waals surface area contributed by atoms with E-state index in [1.165, 1.54) is 13.8 Å². The minimum Gasteiger partial charge on any atom is -0.464 e. The SMILES string of the molecule is CC(=O)OC1CC(OC(C)=O)C2(C)c3cc4occc4c(C)c3CCC2(O)C1(C)C. The van der Waals surface area contributed by atoms with Gasteiger partial charge in [-0.2, -0.15) is 0 Å². The van der Waals surface area contributed by atoms with Crippen molar-refractivity contribution in [3.63, 3.8) is 0 Å². The number of esters is 2. The fourth-order valence-electron chi connectivity index (χ4n) is 6.08. The van der Waals surface area contributed by atoms with Crippen molar-refractivity contribution >= 4 is 22.9 Å². The van der Waals surface area contributed by atoms with Gasteiger partial charge in [0, 0.05) is 31.1 Å². The molecule has 2 aliphatic rings. The maximum atomic E-state index is 12.3. The minimum atomic E-state index is -1.27. The minimum absolute atomic E-state index is 0.319. The summed E-state index contributed by atoms with van der Waals surface area (Å²) in [5, 5.41) is 13.3. The van der Waals surface area contributed by atoms with Crippen LogP contribution >= 0.6 is 0 Å². The summed E-state index contributed by atoms with van der Waals surface area (Å²) in [6.07, 6.45) is 1.92. The number of carbonyl (C=O) groups is 2. The van der Waals surface area contributed by atoms with E-state index in [-0.39, 0.29) is 0 Å². The third-order valence-corrected chi connectivity index (χ3v) is 7.87. The van der Waals surface area contributed by atoms with E-state index in [0.29, 0.717) is 19.3 Å². The summed E-state index contributed by atoms with van der Waals surface area (Å²) in [5.74, 6) is -0.834. The number of benzene rings is 1. The third-order valence-electron chi connectivity index (χ3n) is 7.87. The number of aryl methyl sites for hydroxylation is 1. The van der Waals surface area contributed by atoms with Crippen LogP contribution in [0, 0.1) is 12.3 Å². The van der Waals surface area contributed by atoms with Crippen LogP contribution in [0.4, 0.5) is 0 Å². The van der Waals surface area contributed by atoms with Crippen LogP contribution in [0.5, 0.6) is 0 Å². The van der Waals surface area contributed by atoms with Gasteiger partial charge in [-0.3, -0.25) is 9.59 Å². The van der Waals surface area contributed by atoms with Gasteiger partial charge in [-0.05, 0) is 55.5 Å². The van der Waals surface area contributed by atoms with Crippen molar-refractivity contribution in [2.45, 2.75) is 84.0 Å². The first kappa shape index (κ1) is 20.9. The number of ether oxygens (including phenoxy) is 2. The molecule has 1 aromatic heterocycles. The fourth-order valence-corrected chi connectivity index (χ4v) is 6.08. The summed E-state index contributed by atoms with van der Waals surface area (Å²) in [4.78, 5) is 23.9. The van der Waals surface area contributed by atoms with Gasteiger partial charge >= 0.3 is 11.9 Å². The summed E-state index contributed by atoms with van der Waals surface area (Å²) in [7, 11) is 0. The lowest BCUT2D eigenvalue weighted by Gasteiger charge is -2.64. The number of carbonyl (C=O) groups excluding carboxylic acids is 2. The molecule has 0 spiro atoms. The second-order valence-electron chi connectivity index (χ2n) is 9.58. The molecule has 4 rings (SSSR count). The summed E-state index contributed by atoms with van der Waals surface area (Å²) in [5.41, 5.74) is 1.07. The topological polar surface area (TPSA) is 86.0 Å². The summed E-state index contributed by atoms with van der Waals surface area (Å²) < 4.78 is 17.1. The predicted molar refractivity (Wildman–Crippen MR) is 111 cm³/mol. The van der Waals surface area contributed by atoms with Gasteiger partial charge < -0.3 is 19.0 Å². The van der Waals surface area contributed by atoms with Crippen LogP contribution in [0.25, 0.3) is 11.0 Å². The first-order valence-corrected chi connectivity index (χ1v) is 10.5. The Morgan fingerprint density at radius 1 is 1.13 bits per heavy atom. The number of hydrogen-bond donors (Lipinski definition) is 1. The molecule has 2 aromatic rings. The van der Waals surface area contributed by atoms with Crippen molar-refractivity contribution in [2.75, 3.05) is 0 Å². The molecule has 6 nitrogen and oxygen atoms in total. The lowest BCUT2D eigenvalue weighted by molar-refractivity contribution is -0.247. The maximum Gasteiger partial charge on any atom is 0.302 e. The Morgan fingerprint density at radius 2 is 1.77 bits per heavy atom. The van der Waals surface area contributed by atoms with E-state index in [1.54, 1.807) is 6.26 Å². The second kappa shape index (κ2) is 6.58. The van der Waals surface area contributed by atoms with Crippen molar-refractivity contribution in [3.05, 3.63) is 35.1 Å². The van der Waals surface area contributed by atoms with Gasteiger partial charge in [0.25, 0.3) is 0 Å². The molecule has 4 atom stereocenters. The Kier molecular flexibility index (Phi) is 4.59. The number of aliphatic hydroxyl groups is 1. The molecular formula is C24H30O6. The normalized spacial score (nSPS) is 32.2. The number of rotatable bonds is 2. The molecule has 6 heteroatoms. The Labute approximate surface area is 176 Å². The summed E-state index contributed by atoms with van der Waals surface area (Å²) in [6.45, 7) is 10.6. The van der Waals surface area contributed by atoms with Crippen LogP contribution in [0.15, 0.2) is 22.8 Å². The van der Waals surface area contributed by atoms with Crippen molar-refractivity contribution in [2.24, 2.45) is 5.41 Å². The molecule has 2 aliphatic carbocycles. The molecule has 0 aliphatic heterocycles. The lowest BCUT2D eigenvalue weighted by Crippen LogP contribution is -2.73. The van der Waals surface area contributed by atoms with Crippen molar-refractivity contribution in [1.82, 2.24) is 0 Å². The van der Waals surface area contributed by atoms with Crippen molar-refractivity contribution in [1.29, 1.82) is 0 Å². The highest BCUT2D eigenvalue weighted by Gasteiger charge is 2.69. The zero-order valence-electron chi connectivity index (χ0n) is 18.5. The molecule has 1 heterocycles. The average Bonchev–Trinajstić information content (AvgIpc) is 3.11. The van der Waals surface area contributed by atoms with Gasteiger partial charge in [-0.25, -0.2) is 0 Å². The highest BCUT2D eigenvalue weighted by Crippen LogP contribution is 2.61. The average molecular weight is 414 g/mol. The van der Waals surface area contributed by atoms with Gasteiger partial charge in [-0.15, -0.1) is 0 Å². The molecule has 0 bridgehead atoms. The molecule has 0 saturated heterocycles. The van der Waals surface area contributed by atoms with Crippen LogP contribution in [0.2, 0.25) is 0 Å². The van der Waals surface area contributed by atoms with Crippen LogP contribution in [0.1, 0.15) is 64.2 Å². The predicted octanol–water partition coefficient (Wildman–Crippen LogP) is 3.97. The molecular weight excluding hydrogens is 384 g/mol. The van der Waals surface area contributed by atoms with Crippen LogP contribution in [-0.2, 0) is 30.9 Å². The quantitative estimate of drug-likeness (QED) is 0.749. The molecule has 1 N–H and O–H groups in total. The third kappa shape index (κ3) is 2.59. The lowest BCUT2D eigenvalue weighted by atomic mass is 9.45. The number of furan rings is 1. The molecule has 1 fully saturated rings. The van der Waals surface area contributed by atoms with Crippen LogP contribution in [0.3, 0.4) is 0 Å². The van der Waals surface area contributed by atoms with E-state index in [9.17, 15) is 14.7 Å². The molecule has 1 aromatic carbocycles. The van der Waals surface area contributed by atoms with Crippen molar-refractivity contribution < 1.29 is 28.6 Å². The van der Waals surface area contributed by atoms with E-state index in [4.69, 9.17) is 13.9 Å². The smallest absolute Gasteiger partial charge is 0.302 e. The van der Waals surface area contributed by atoms with Crippen molar-refractivity contribution in [3.8, 4) is 0 Å². The van der Waals surface area contributed by atoms with E-state index in [2.05, 4.69) is 6.92 Å². The zero-order chi connectivity index (χ0) is 22.1. The first-order chi connectivity index (χ1) is 13.9. The molecule has 4 unspecified atom stereocenters. The van der Waals surface area contributed by atoms with Crippen LogP contribution < -0.4 is 0 Å². The fraction of sp³-hybridized carbons (Fsp3) is 0.583. The highest BCUT2D eigenvalue weighted by atomic mass is 16.6. The largest absolute Gasteiger partial charge is 0.464 e. The number of fused-ring (bicyclic) bond motifs is 4.